The predicted molar refractivity (Wildman–Crippen MR) is 97.4 cm³/mol. The van der Waals surface area contributed by atoms with E-state index in [9.17, 15) is 0 Å². The number of hydrogen-bond donors (Lipinski definition) is 0. The van der Waals surface area contributed by atoms with Crippen molar-refractivity contribution < 1.29 is 0 Å². The van der Waals surface area contributed by atoms with Crippen molar-refractivity contribution in [2.45, 2.75) is 72.1 Å². The molecular formula is C20H31Br. The van der Waals surface area contributed by atoms with Crippen molar-refractivity contribution >= 4 is 15.9 Å². The third kappa shape index (κ3) is 4.12. The molecule has 21 heavy (non-hydrogen) atoms. The van der Waals surface area contributed by atoms with Gasteiger partial charge in [-0.2, -0.15) is 0 Å². The second-order valence-corrected chi connectivity index (χ2v) is 9.41. The van der Waals surface area contributed by atoms with Crippen molar-refractivity contribution in [3.05, 3.63) is 34.4 Å². The van der Waals surface area contributed by atoms with Crippen molar-refractivity contribution in [2.75, 3.05) is 0 Å². The lowest BCUT2D eigenvalue weighted by Gasteiger charge is -2.40. The van der Waals surface area contributed by atoms with Crippen LogP contribution in [0.15, 0.2) is 12.1 Å². The van der Waals surface area contributed by atoms with E-state index in [0.29, 0.717) is 10.2 Å². The SMILES string of the molecule is Cc1cc(C)c(CC2CC(C(C)(C)C)CCC2Br)c(C)c1. The summed E-state index contributed by atoms with van der Waals surface area (Å²) in [6, 6.07) is 4.69. The Morgan fingerprint density at radius 2 is 1.62 bits per heavy atom. The average Bonchev–Trinajstić information content (AvgIpc) is 2.34. The molecule has 0 nitrogen and oxygen atoms in total. The van der Waals surface area contributed by atoms with Gasteiger partial charge in [-0.25, -0.2) is 0 Å². The number of halogens is 1. The Morgan fingerprint density at radius 1 is 1.05 bits per heavy atom. The van der Waals surface area contributed by atoms with Crippen LogP contribution in [0.1, 0.15) is 62.3 Å². The van der Waals surface area contributed by atoms with Gasteiger partial charge in [-0.1, -0.05) is 54.4 Å². The van der Waals surface area contributed by atoms with E-state index in [-0.39, 0.29) is 0 Å². The van der Waals surface area contributed by atoms with E-state index in [4.69, 9.17) is 0 Å². The molecule has 1 aromatic carbocycles. The van der Waals surface area contributed by atoms with Gasteiger partial charge >= 0.3 is 0 Å². The molecule has 0 saturated heterocycles. The molecule has 1 saturated carbocycles. The Hall–Kier alpha value is -0.300. The first-order chi connectivity index (χ1) is 9.68. The zero-order valence-corrected chi connectivity index (χ0v) is 16.2. The van der Waals surface area contributed by atoms with Gasteiger partial charge in [-0.3, -0.25) is 0 Å². The minimum Gasteiger partial charge on any atom is -0.0888 e. The van der Waals surface area contributed by atoms with E-state index in [1.54, 1.807) is 5.56 Å². The van der Waals surface area contributed by atoms with E-state index in [1.807, 2.05) is 0 Å². The highest BCUT2D eigenvalue weighted by Gasteiger charge is 2.35. The van der Waals surface area contributed by atoms with Crippen molar-refractivity contribution in [3.63, 3.8) is 0 Å². The summed E-state index contributed by atoms with van der Waals surface area (Å²) in [5, 5.41) is 0. The Kier molecular flexibility index (Phi) is 5.23. The lowest BCUT2D eigenvalue weighted by Crippen LogP contribution is -2.33. The van der Waals surface area contributed by atoms with Gasteiger partial charge < -0.3 is 0 Å². The topological polar surface area (TPSA) is 0 Å². The molecular weight excluding hydrogens is 320 g/mol. The summed E-state index contributed by atoms with van der Waals surface area (Å²) >= 11 is 3.97. The largest absolute Gasteiger partial charge is 0.0888 e. The number of rotatable bonds is 2. The molecule has 0 amide bonds. The Morgan fingerprint density at radius 3 is 2.14 bits per heavy atom. The molecule has 3 unspecified atom stereocenters. The molecule has 118 valence electrons. The maximum absolute atomic E-state index is 3.97. The Labute approximate surface area is 139 Å². The highest BCUT2D eigenvalue weighted by atomic mass is 79.9. The van der Waals surface area contributed by atoms with Crippen LogP contribution in [0.2, 0.25) is 0 Å². The van der Waals surface area contributed by atoms with Crippen molar-refractivity contribution in [1.29, 1.82) is 0 Å². The fraction of sp³-hybridized carbons (Fsp3) is 0.700. The summed E-state index contributed by atoms with van der Waals surface area (Å²) < 4.78 is 0. The van der Waals surface area contributed by atoms with Gasteiger partial charge in [-0.15, -0.1) is 0 Å². The van der Waals surface area contributed by atoms with Gasteiger partial charge in [-0.05, 0) is 80.4 Å². The molecule has 0 aliphatic heterocycles. The van der Waals surface area contributed by atoms with Gasteiger partial charge in [0.15, 0.2) is 0 Å². The first-order valence-electron chi connectivity index (χ1n) is 8.39. The molecule has 1 heteroatoms. The molecule has 1 aliphatic rings. The number of hydrogen-bond acceptors (Lipinski definition) is 0. The van der Waals surface area contributed by atoms with Gasteiger partial charge in [0.05, 0.1) is 0 Å². The fourth-order valence-electron chi connectivity index (χ4n) is 4.02. The first-order valence-corrected chi connectivity index (χ1v) is 9.31. The van der Waals surface area contributed by atoms with Gasteiger partial charge in [0.2, 0.25) is 0 Å². The number of aryl methyl sites for hydroxylation is 3. The third-order valence-corrected chi connectivity index (χ3v) is 6.63. The zero-order valence-electron chi connectivity index (χ0n) is 14.6. The summed E-state index contributed by atoms with van der Waals surface area (Å²) in [4.78, 5) is 0.691. The number of benzene rings is 1. The van der Waals surface area contributed by atoms with Crippen LogP contribution in [0.5, 0.6) is 0 Å². The normalized spacial score (nSPS) is 26.9. The minimum absolute atomic E-state index is 0.447. The summed E-state index contributed by atoms with van der Waals surface area (Å²) in [7, 11) is 0. The smallest absolute Gasteiger partial charge is 0.0177 e. The van der Waals surface area contributed by atoms with Crippen LogP contribution >= 0.6 is 15.9 Å². The van der Waals surface area contributed by atoms with E-state index in [0.717, 1.165) is 11.8 Å². The molecule has 0 spiro atoms. The second-order valence-electron chi connectivity index (χ2n) is 8.23. The lowest BCUT2D eigenvalue weighted by atomic mass is 9.68. The zero-order chi connectivity index (χ0) is 15.8. The molecule has 0 radical (unpaired) electrons. The molecule has 0 aromatic heterocycles. The van der Waals surface area contributed by atoms with Crippen LogP contribution in [0.3, 0.4) is 0 Å². The van der Waals surface area contributed by atoms with E-state index >= 15 is 0 Å². The standard InChI is InChI=1S/C20H31Br/c1-13-9-14(2)18(15(3)10-13)12-16-11-17(20(4,5)6)7-8-19(16)21/h9-10,16-17,19H,7-8,11-12H2,1-6H3. The maximum atomic E-state index is 3.97. The van der Waals surface area contributed by atoms with Gasteiger partial charge in [0, 0.05) is 4.83 Å². The van der Waals surface area contributed by atoms with Crippen LogP contribution in [0.25, 0.3) is 0 Å². The Balaban J connectivity index is 2.18. The van der Waals surface area contributed by atoms with Crippen molar-refractivity contribution in [2.24, 2.45) is 17.3 Å². The monoisotopic (exact) mass is 350 g/mol. The summed E-state index contributed by atoms with van der Waals surface area (Å²) in [6.07, 6.45) is 5.31. The van der Waals surface area contributed by atoms with Crippen LogP contribution in [0.4, 0.5) is 0 Å². The molecule has 2 rings (SSSR count). The molecule has 0 heterocycles. The molecule has 3 atom stereocenters. The van der Waals surface area contributed by atoms with Crippen LogP contribution in [-0.2, 0) is 6.42 Å². The summed E-state index contributed by atoms with van der Waals surface area (Å²) in [5.74, 6) is 1.64. The maximum Gasteiger partial charge on any atom is 0.0177 e. The fourth-order valence-corrected chi connectivity index (χ4v) is 4.69. The molecule has 1 aliphatic carbocycles. The van der Waals surface area contributed by atoms with E-state index in [2.05, 4.69) is 69.6 Å². The lowest BCUT2D eigenvalue weighted by molar-refractivity contribution is 0.146. The minimum atomic E-state index is 0.447. The van der Waals surface area contributed by atoms with Gasteiger partial charge in [0.1, 0.15) is 0 Å². The molecule has 1 fully saturated rings. The summed E-state index contributed by atoms with van der Waals surface area (Å²) in [6.45, 7) is 14.0. The van der Waals surface area contributed by atoms with Crippen LogP contribution in [-0.4, -0.2) is 4.83 Å². The molecule has 0 N–H and O–H groups in total. The van der Waals surface area contributed by atoms with Crippen molar-refractivity contribution in [3.8, 4) is 0 Å². The molecule has 0 bridgehead atoms. The molecule has 1 aromatic rings. The number of alkyl halides is 1. The Bertz CT molecular complexity index is 472. The highest BCUT2D eigenvalue weighted by molar-refractivity contribution is 9.09. The van der Waals surface area contributed by atoms with Crippen LogP contribution < -0.4 is 0 Å². The average molecular weight is 351 g/mol. The van der Waals surface area contributed by atoms with E-state index < -0.39 is 0 Å². The predicted octanol–water partition coefficient (Wildman–Crippen LogP) is 6.38. The van der Waals surface area contributed by atoms with Crippen molar-refractivity contribution in [1.82, 2.24) is 0 Å². The first kappa shape index (κ1) is 17.1. The van der Waals surface area contributed by atoms with Crippen LogP contribution in [0, 0.1) is 38.0 Å². The van der Waals surface area contributed by atoms with Gasteiger partial charge in [0.25, 0.3) is 0 Å². The summed E-state index contributed by atoms with van der Waals surface area (Å²) in [5.41, 5.74) is 6.38. The quantitative estimate of drug-likeness (QED) is 0.542. The second kappa shape index (κ2) is 6.44. The van der Waals surface area contributed by atoms with E-state index in [1.165, 1.54) is 42.4 Å². The highest BCUT2D eigenvalue weighted by Crippen LogP contribution is 2.44. The third-order valence-electron chi connectivity index (χ3n) is 5.42.